The average Bonchev–Trinajstić information content (AvgIpc) is 2.43. The van der Waals surface area contributed by atoms with Gasteiger partial charge in [-0.05, 0) is 5.56 Å². The van der Waals surface area contributed by atoms with Crippen molar-refractivity contribution >= 4 is 24.0 Å². The lowest BCUT2D eigenvalue weighted by molar-refractivity contribution is -0.384. The first-order valence-corrected chi connectivity index (χ1v) is 6.33. The summed E-state index contributed by atoms with van der Waals surface area (Å²) in [6, 6.07) is 6.09. The number of nitrogens with one attached hydrogen (secondary N) is 2. The smallest absolute Gasteiger partial charge is 0.269 e. The van der Waals surface area contributed by atoms with Crippen molar-refractivity contribution in [3.05, 3.63) is 39.9 Å². The Kier molecular flexibility index (Phi) is 10.1. The van der Waals surface area contributed by atoms with Crippen molar-refractivity contribution in [2.45, 2.75) is 6.42 Å². The van der Waals surface area contributed by atoms with Crippen molar-refractivity contribution in [2.75, 3.05) is 33.4 Å². The van der Waals surface area contributed by atoms with E-state index in [2.05, 4.69) is 10.6 Å². The maximum Gasteiger partial charge on any atom is 0.269 e. The number of hydrogen-bond donors (Lipinski definition) is 2. The largest absolute Gasteiger partial charge is 0.383 e. The van der Waals surface area contributed by atoms with E-state index < -0.39 is 4.92 Å². The van der Waals surface area contributed by atoms with Gasteiger partial charge in [0.15, 0.2) is 0 Å². The number of halogens is 1. The van der Waals surface area contributed by atoms with Gasteiger partial charge in [0, 0.05) is 38.9 Å². The molecule has 1 aromatic rings. The fraction of sp³-hybridized carbons (Fsp3) is 0.462. The standard InChI is InChI=1S/C13H19N3O4.ClH/c1-20-8-7-14-5-6-15-13(17)10-11-3-2-4-12(9-11)16(18)19;/h2-4,9,14H,5-8,10H2,1H3,(H,15,17);1H. The van der Waals surface area contributed by atoms with Crippen LogP contribution in [0.15, 0.2) is 24.3 Å². The van der Waals surface area contributed by atoms with E-state index in [1.165, 1.54) is 12.1 Å². The van der Waals surface area contributed by atoms with Crippen molar-refractivity contribution in [2.24, 2.45) is 0 Å². The van der Waals surface area contributed by atoms with E-state index in [0.717, 1.165) is 6.54 Å². The van der Waals surface area contributed by atoms with Crippen LogP contribution in [0.4, 0.5) is 5.69 Å². The third-order valence-electron chi connectivity index (χ3n) is 2.59. The number of methoxy groups -OCH3 is 1. The number of carbonyl (C=O) groups excluding carboxylic acids is 1. The molecule has 0 saturated heterocycles. The Hall–Kier alpha value is -1.70. The first-order valence-electron chi connectivity index (χ1n) is 6.33. The molecule has 0 fully saturated rings. The molecule has 0 unspecified atom stereocenters. The Morgan fingerprint density at radius 1 is 1.33 bits per heavy atom. The average molecular weight is 318 g/mol. The van der Waals surface area contributed by atoms with Gasteiger partial charge in [-0.2, -0.15) is 0 Å². The van der Waals surface area contributed by atoms with Crippen molar-refractivity contribution in [1.29, 1.82) is 0 Å². The third kappa shape index (κ3) is 8.23. The first kappa shape index (κ1) is 19.3. The SMILES string of the molecule is COCCNCCNC(=O)Cc1cccc([N+](=O)[O-])c1.Cl. The lowest BCUT2D eigenvalue weighted by Crippen LogP contribution is -2.33. The maximum atomic E-state index is 11.6. The molecule has 0 spiro atoms. The molecule has 118 valence electrons. The Labute approximate surface area is 129 Å². The zero-order chi connectivity index (χ0) is 14.8. The highest BCUT2D eigenvalue weighted by atomic mass is 35.5. The fourth-order valence-corrected chi connectivity index (χ4v) is 1.62. The van der Waals surface area contributed by atoms with Gasteiger partial charge in [-0.15, -0.1) is 12.4 Å². The minimum atomic E-state index is -0.471. The Balaban J connectivity index is 0.00000400. The van der Waals surface area contributed by atoms with Crippen LogP contribution in [0.3, 0.4) is 0 Å². The van der Waals surface area contributed by atoms with Gasteiger partial charge in [0.2, 0.25) is 5.91 Å². The number of amides is 1. The number of rotatable bonds is 9. The summed E-state index contributed by atoms with van der Waals surface area (Å²) in [5.74, 6) is -0.154. The molecule has 0 radical (unpaired) electrons. The first-order chi connectivity index (χ1) is 9.63. The van der Waals surface area contributed by atoms with E-state index in [1.807, 2.05) is 0 Å². The molecule has 1 amide bonds. The maximum absolute atomic E-state index is 11.6. The van der Waals surface area contributed by atoms with Crippen molar-refractivity contribution in [3.8, 4) is 0 Å². The number of benzene rings is 1. The molecule has 0 atom stereocenters. The second kappa shape index (κ2) is 11.0. The predicted molar refractivity (Wildman–Crippen MR) is 81.8 cm³/mol. The lowest BCUT2D eigenvalue weighted by Gasteiger charge is -2.06. The Morgan fingerprint density at radius 2 is 2.10 bits per heavy atom. The summed E-state index contributed by atoms with van der Waals surface area (Å²) in [7, 11) is 1.63. The van der Waals surface area contributed by atoms with Crippen LogP contribution >= 0.6 is 12.4 Å². The van der Waals surface area contributed by atoms with Crippen molar-refractivity contribution in [1.82, 2.24) is 10.6 Å². The second-order valence-electron chi connectivity index (χ2n) is 4.20. The summed E-state index contributed by atoms with van der Waals surface area (Å²) in [5, 5.41) is 16.5. The van der Waals surface area contributed by atoms with Gasteiger partial charge >= 0.3 is 0 Å². The highest BCUT2D eigenvalue weighted by molar-refractivity contribution is 5.85. The van der Waals surface area contributed by atoms with Crippen molar-refractivity contribution in [3.63, 3.8) is 0 Å². The topological polar surface area (TPSA) is 93.5 Å². The summed E-state index contributed by atoms with van der Waals surface area (Å²) in [6.45, 7) is 2.53. The van der Waals surface area contributed by atoms with Crippen LogP contribution in [0.2, 0.25) is 0 Å². The minimum absolute atomic E-state index is 0. The molecule has 0 aromatic heterocycles. The van der Waals surface area contributed by atoms with Crippen LogP contribution in [0.25, 0.3) is 0 Å². The monoisotopic (exact) mass is 317 g/mol. The zero-order valence-corrected chi connectivity index (χ0v) is 12.6. The molecule has 0 saturated carbocycles. The summed E-state index contributed by atoms with van der Waals surface area (Å²) in [4.78, 5) is 21.8. The number of non-ortho nitro benzene ring substituents is 1. The predicted octanol–water partition coefficient (Wildman–Crippen LogP) is 0.911. The molecule has 1 aromatic carbocycles. The lowest BCUT2D eigenvalue weighted by atomic mass is 10.1. The van der Waals surface area contributed by atoms with Gasteiger partial charge in [0.1, 0.15) is 0 Å². The molecule has 7 nitrogen and oxygen atoms in total. The number of ether oxygens (including phenoxy) is 1. The van der Waals surface area contributed by atoms with E-state index in [0.29, 0.717) is 25.3 Å². The van der Waals surface area contributed by atoms with E-state index in [4.69, 9.17) is 4.74 Å². The van der Waals surface area contributed by atoms with E-state index in [9.17, 15) is 14.9 Å². The molecular formula is C13H20ClN3O4. The van der Waals surface area contributed by atoms with Crippen LogP contribution in [0.1, 0.15) is 5.56 Å². The Bertz CT molecular complexity index is 457. The van der Waals surface area contributed by atoms with Gasteiger partial charge < -0.3 is 15.4 Å². The number of hydrogen-bond acceptors (Lipinski definition) is 5. The van der Waals surface area contributed by atoms with E-state index in [1.54, 1.807) is 19.2 Å². The number of nitro groups is 1. The third-order valence-corrected chi connectivity index (χ3v) is 2.59. The number of carbonyl (C=O) groups is 1. The summed E-state index contributed by atoms with van der Waals surface area (Å²) in [5.41, 5.74) is 0.626. The zero-order valence-electron chi connectivity index (χ0n) is 11.8. The molecule has 1 rings (SSSR count). The molecule has 21 heavy (non-hydrogen) atoms. The van der Waals surface area contributed by atoms with E-state index in [-0.39, 0.29) is 30.4 Å². The summed E-state index contributed by atoms with van der Waals surface area (Å²) < 4.78 is 4.87. The highest BCUT2D eigenvalue weighted by Crippen LogP contribution is 2.13. The normalized spacial score (nSPS) is 9.76. The molecule has 8 heteroatoms. The molecule has 0 heterocycles. The van der Waals surface area contributed by atoms with Gasteiger partial charge in [-0.25, -0.2) is 0 Å². The summed E-state index contributed by atoms with van der Waals surface area (Å²) in [6.07, 6.45) is 0.139. The summed E-state index contributed by atoms with van der Waals surface area (Å²) >= 11 is 0. The van der Waals surface area contributed by atoms with Gasteiger partial charge in [0.05, 0.1) is 18.0 Å². The second-order valence-corrected chi connectivity index (χ2v) is 4.20. The van der Waals surface area contributed by atoms with Crippen LogP contribution in [-0.2, 0) is 16.0 Å². The molecule has 0 aliphatic heterocycles. The fourth-order valence-electron chi connectivity index (χ4n) is 1.62. The van der Waals surface area contributed by atoms with Gasteiger partial charge in [0.25, 0.3) is 5.69 Å². The number of nitrogens with zero attached hydrogens (tertiary/aromatic N) is 1. The number of nitro benzene ring substituents is 1. The molecule has 0 bridgehead atoms. The molecule has 0 aliphatic rings. The van der Waals surface area contributed by atoms with Crippen LogP contribution in [0.5, 0.6) is 0 Å². The van der Waals surface area contributed by atoms with Gasteiger partial charge in [-0.1, -0.05) is 12.1 Å². The van der Waals surface area contributed by atoms with Crippen LogP contribution in [-0.4, -0.2) is 44.2 Å². The molecule has 2 N–H and O–H groups in total. The quantitative estimate of drug-likeness (QED) is 0.401. The minimum Gasteiger partial charge on any atom is -0.383 e. The highest BCUT2D eigenvalue weighted by Gasteiger charge is 2.08. The molecule has 0 aliphatic carbocycles. The molecular weight excluding hydrogens is 298 g/mol. The van der Waals surface area contributed by atoms with Crippen LogP contribution in [0, 0.1) is 10.1 Å². The van der Waals surface area contributed by atoms with Gasteiger partial charge in [-0.3, -0.25) is 14.9 Å². The Morgan fingerprint density at radius 3 is 2.76 bits per heavy atom. The van der Waals surface area contributed by atoms with Crippen LogP contribution < -0.4 is 10.6 Å². The van der Waals surface area contributed by atoms with Crippen molar-refractivity contribution < 1.29 is 14.5 Å². The van der Waals surface area contributed by atoms with E-state index >= 15 is 0 Å².